The van der Waals surface area contributed by atoms with Crippen molar-refractivity contribution in [1.82, 2.24) is 10.2 Å². The van der Waals surface area contributed by atoms with Gasteiger partial charge in [0.25, 0.3) is 5.91 Å². The third-order valence-electron chi connectivity index (χ3n) is 2.36. The van der Waals surface area contributed by atoms with Crippen LogP contribution in [0.25, 0.3) is 0 Å². The highest BCUT2D eigenvalue weighted by Crippen LogP contribution is 2.21. The van der Waals surface area contributed by atoms with Gasteiger partial charge in [-0.1, -0.05) is 11.6 Å². The Hall–Kier alpha value is -1.75. The maximum Gasteiger partial charge on any atom is 0.255 e. The smallest absolute Gasteiger partial charge is 0.255 e. The summed E-state index contributed by atoms with van der Waals surface area (Å²) < 4.78 is 0. The van der Waals surface area contributed by atoms with Crippen molar-refractivity contribution >= 4 is 23.4 Å². The lowest BCUT2D eigenvalue weighted by atomic mass is 10.1. The number of rotatable bonds is 3. The lowest BCUT2D eigenvalue weighted by molar-refractivity contribution is -0.130. The minimum atomic E-state index is -0.664. The Bertz CT molecular complexity index is 474. The Morgan fingerprint density at radius 1 is 1.39 bits per heavy atom. The molecule has 0 aromatic heterocycles. The van der Waals surface area contributed by atoms with Crippen molar-refractivity contribution < 1.29 is 14.7 Å². The Labute approximate surface area is 110 Å². The van der Waals surface area contributed by atoms with Gasteiger partial charge in [0.05, 0.1) is 5.56 Å². The van der Waals surface area contributed by atoms with Crippen LogP contribution in [0.15, 0.2) is 18.2 Å². The van der Waals surface area contributed by atoms with Crippen molar-refractivity contribution in [1.29, 1.82) is 0 Å². The van der Waals surface area contributed by atoms with Gasteiger partial charge >= 0.3 is 0 Å². The van der Waals surface area contributed by atoms with Crippen molar-refractivity contribution in [2.45, 2.75) is 13.0 Å². The molecular formula is C12H15ClN2O3. The SMILES string of the molecule is CC(NC(=O)c1ccc(Cl)cc1O)C(=O)N(C)C. The fraction of sp³-hybridized carbons (Fsp3) is 0.333. The van der Waals surface area contributed by atoms with Gasteiger partial charge in [0, 0.05) is 19.1 Å². The van der Waals surface area contributed by atoms with Crippen LogP contribution in [0.4, 0.5) is 0 Å². The third-order valence-corrected chi connectivity index (χ3v) is 2.60. The molecule has 0 heterocycles. The third kappa shape index (κ3) is 3.37. The van der Waals surface area contributed by atoms with Gasteiger partial charge in [-0.2, -0.15) is 0 Å². The van der Waals surface area contributed by atoms with E-state index in [9.17, 15) is 14.7 Å². The highest BCUT2D eigenvalue weighted by atomic mass is 35.5. The van der Waals surface area contributed by atoms with E-state index in [1.165, 1.54) is 23.1 Å². The summed E-state index contributed by atoms with van der Waals surface area (Å²) in [7, 11) is 3.20. The second-order valence-corrected chi connectivity index (χ2v) is 4.53. The molecular weight excluding hydrogens is 256 g/mol. The normalized spacial score (nSPS) is 11.8. The van der Waals surface area contributed by atoms with Gasteiger partial charge in [-0.25, -0.2) is 0 Å². The number of hydrogen-bond acceptors (Lipinski definition) is 3. The number of carbonyl (C=O) groups excluding carboxylic acids is 2. The van der Waals surface area contributed by atoms with Gasteiger partial charge in [-0.15, -0.1) is 0 Å². The molecule has 0 saturated carbocycles. The van der Waals surface area contributed by atoms with Crippen LogP contribution in [0.2, 0.25) is 5.02 Å². The number of aromatic hydroxyl groups is 1. The Morgan fingerprint density at radius 3 is 2.50 bits per heavy atom. The van der Waals surface area contributed by atoms with Crippen LogP contribution in [-0.4, -0.2) is 42.0 Å². The Kier molecular flexibility index (Phi) is 4.55. The number of likely N-dealkylation sites (N-methyl/N-ethyl adjacent to an activating group) is 1. The van der Waals surface area contributed by atoms with Crippen LogP contribution in [-0.2, 0) is 4.79 Å². The summed E-state index contributed by atoms with van der Waals surface area (Å²) >= 11 is 5.67. The van der Waals surface area contributed by atoms with Crippen molar-refractivity contribution in [3.8, 4) is 5.75 Å². The first-order chi connectivity index (χ1) is 8.32. The van der Waals surface area contributed by atoms with E-state index in [1.54, 1.807) is 21.0 Å². The largest absolute Gasteiger partial charge is 0.507 e. The van der Waals surface area contributed by atoms with Gasteiger partial charge in [0.15, 0.2) is 0 Å². The standard InChI is InChI=1S/C12H15ClN2O3/c1-7(12(18)15(2)3)14-11(17)9-5-4-8(13)6-10(9)16/h4-7,16H,1-3H3,(H,14,17). The van der Waals surface area contributed by atoms with Crippen molar-refractivity contribution in [3.63, 3.8) is 0 Å². The van der Waals surface area contributed by atoms with Gasteiger partial charge in [-0.3, -0.25) is 9.59 Å². The molecule has 5 nitrogen and oxygen atoms in total. The van der Waals surface area contributed by atoms with Crippen LogP contribution in [0.5, 0.6) is 5.75 Å². The summed E-state index contributed by atoms with van der Waals surface area (Å²) in [4.78, 5) is 24.8. The molecule has 1 atom stereocenters. The summed E-state index contributed by atoms with van der Waals surface area (Å²) in [6.45, 7) is 1.58. The molecule has 0 spiro atoms. The predicted molar refractivity (Wildman–Crippen MR) is 68.7 cm³/mol. The molecule has 2 amide bonds. The van der Waals surface area contributed by atoms with Gasteiger partial charge < -0.3 is 15.3 Å². The molecule has 0 radical (unpaired) electrons. The number of phenols is 1. The van der Waals surface area contributed by atoms with Crippen LogP contribution in [0.1, 0.15) is 17.3 Å². The number of nitrogens with one attached hydrogen (secondary N) is 1. The number of nitrogens with zero attached hydrogens (tertiary/aromatic N) is 1. The molecule has 2 N–H and O–H groups in total. The van der Waals surface area contributed by atoms with E-state index >= 15 is 0 Å². The molecule has 1 aromatic carbocycles. The average Bonchev–Trinajstić information content (AvgIpc) is 2.27. The molecule has 6 heteroatoms. The summed E-state index contributed by atoms with van der Waals surface area (Å²) in [5.41, 5.74) is 0.0813. The topological polar surface area (TPSA) is 69.6 Å². The lowest BCUT2D eigenvalue weighted by Crippen LogP contribution is -2.44. The predicted octanol–water partition coefficient (Wildman–Crippen LogP) is 1.25. The zero-order chi connectivity index (χ0) is 13.9. The first-order valence-corrected chi connectivity index (χ1v) is 5.71. The fourth-order valence-electron chi connectivity index (χ4n) is 1.42. The molecule has 0 fully saturated rings. The average molecular weight is 271 g/mol. The highest BCUT2D eigenvalue weighted by molar-refractivity contribution is 6.30. The summed E-state index contributed by atoms with van der Waals surface area (Å²) in [5.74, 6) is -0.965. The summed E-state index contributed by atoms with van der Waals surface area (Å²) in [5, 5.41) is 12.4. The molecule has 0 bridgehead atoms. The zero-order valence-electron chi connectivity index (χ0n) is 10.4. The molecule has 98 valence electrons. The first kappa shape index (κ1) is 14.3. The first-order valence-electron chi connectivity index (χ1n) is 5.33. The Balaban J connectivity index is 2.80. The molecule has 0 saturated heterocycles. The number of benzene rings is 1. The number of phenolic OH excluding ortho intramolecular Hbond substituents is 1. The van der Waals surface area contributed by atoms with E-state index < -0.39 is 11.9 Å². The maximum atomic E-state index is 11.8. The van der Waals surface area contributed by atoms with Crippen LogP contribution >= 0.6 is 11.6 Å². The molecule has 0 aliphatic heterocycles. The molecule has 1 aromatic rings. The van der Waals surface area contributed by atoms with Crippen molar-refractivity contribution in [2.24, 2.45) is 0 Å². The molecule has 1 rings (SSSR count). The minimum Gasteiger partial charge on any atom is -0.507 e. The molecule has 18 heavy (non-hydrogen) atoms. The van der Waals surface area contributed by atoms with E-state index in [0.29, 0.717) is 5.02 Å². The monoisotopic (exact) mass is 270 g/mol. The summed E-state index contributed by atoms with van der Waals surface area (Å²) in [6.07, 6.45) is 0. The molecule has 0 aliphatic rings. The van der Waals surface area contributed by atoms with Gasteiger partial charge in [0.2, 0.25) is 5.91 Å². The quantitative estimate of drug-likeness (QED) is 0.869. The number of halogens is 1. The van der Waals surface area contributed by atoms with Crippen LogP contribution in [0, 0.1) is 0 Å². The van der Waals surface area contributed by atoms with E-state index in [-0.39, 0.29) is 17.2 Å². The highest BCUT2D eigenvalue weighted by Gasteiger charge is 2.19. The van der Waals surface area contributed by atoms with Crippen LogP contribution in [0.3, 0.4) is 0 Å². The van der Waals surface area contributed by atoms with E-state index in [2.05, 4.69) is 5.32 Å². The van der Waals surface area contributed by atoms with Crippen molar-refractivity contribution in [3.05, 3.63) is 28.8 Å². The number of carbonyl (C=O) groups is 2. The second kappa shape index (κ2) is 5.73. The number of hydrogen-bond donors (Lipinski definition) is 2. The van der Waals surface area contributed by atoms with Crippen LogP contribution < -0.4 is 5.32 Å². The lowest BCUT2D eigenvalue weighted by Gasteiger charge is -2.18. The fourth-order valence-corrected chi connectivity index (χ4v) is 1.59. The maximum absolute atomic E-state index is 11.8. The molecule has 0 aliphatic carbocycles. The zero-order valence-corrected chi connectivity index (χ0v) is 11.2. The van der Waals surface area contributed by atoms with E-state index in [0.717, 1.165) is 0 Å². The van der Waals surface area contributed by atoms with Gasteiger partial charge in [-0.05, 0) is 25.1 Å². The van der Waals surface area contributed by atoms with Gasteiger partial charge in [0.1, 0.15) is 11.8 Å². The second-order valence-electron chi connectivity index (χ2n) is 4.09. The Morgan fingerprint density at radius 2 is 2.00 bits per heavy atom. The molecule has 1 unspecified atom stereocenters. The number of amides is 2. The van der Waals surface area contributed by atoms with E-state index in [1.807, 2.05) is 0 Å². The summed E-state index contributed by atoms with van der Waals surface area (Å²) in [6, 6.07) is 3.51. The van der Waals surface area contributed by atoms with Crippen molar-refractivity contribution in [2.75, 3.05) is 14.1 Å². The minimum absolute atomic E-state index is 0.0813. The van der Waals surface area contributed by atoms with E-state index in [4.69, 9.17) is 11.6 Å².